The minimum atomic E-state index is -5.06. The zero-order valence-electron chi connectivity index (χ0n) is 19.0. The van der Waals surface area contributed by atoms with Crippen molar-refractivity contribution < 1.29 is 32.7 Å². The number of hydrogen-bond donors (Lipinski definition) is 1. The fourth-order valence-electron chi connectivity index (χ4n) is 3.78. The zero-order chi connectivity index (χ0) is 27.9. The lowest BCUT2D eigenvalue weighted by Crippen LogP contribution is -2.41. The second-order valence-corrected chi connectivity index (χ2v) is 10.4. The Kier molecular flexibility index (Phi) is 7.67. The van der Waals surface area contributed by atoms with Gasteiger partial charge in [-0.1, -0.05) is 35.1 Å². The minimum Gasteiger partial charge on any atom is -0.501 e. The van der Waals surface area contributed by atoms with Crippen LogP contribution in [0.1, 0.15) is 24.1 Å². The smallest absolute Gasteiger partial charge is 0.434 e. The van der Waals surface area contributed by atoms with Gasteiger partial charge in [0.15, 0.2) is 10.5 Å². The quantitative estimate of drug-likeness (QED) is 0.187. The van der Waals surface area contributed by atoms with Crippen molar-refractivity contribution in [1.29, 1.82) is 0 Å². The number of thiazole rings is 1. The molecule has 0 radical (unpaired) electrons. The van der Waals surface area contributed by atoms with E-state index in [4.69, 9.17) is 16.3 Å². The highest BCUT2D eigenvalue weighted by Gasteiger charge is 2.45. The maximum absolute atomic E-state index is 14.1. The zero-order valence-corrected chi connectivity index (χ0v) is 22.7. The third-order valence-corrected chi connectivity index (χ3v) is 7.40. The number of hydrogen-bond acceptors (Lipinski definition) is 8. The molecule has 15 heteroatoms. The van der Waals surface area contributed by atoms with Gasteiger partial charge in [0, 0.05) is 11.1 Å². The summed E-state index contributed by atoms with van der Waals surface area (Å²) < 4.78 is 48.3. The molecule has 0 bridgehead atoms. The van der Waals surface area contributed by atoms with Crippen LogP contribution in [0.4, 0.5) is 18.9 Å². The van der Waals surface area contributed by atoms with Gasteiger partial charge in [0.1, 0.15) is 0 Å². The van der Waals surface area contributed by atoms with Gasteiger partial charge < -0.3 is 9.84 Å². The van der Waals surface area contributed by atoms with Gasteiger partial charge in [-0.25, -0.2) is 9.79 Å². The van der Waals surface area contributed by atoms with E-state index in [-0.39, 0.29) is 35.7 Å². The van der Waals surface area contributed by atoms with Crippen molar-refractivity contribution in [2.24, 2.45) is 4.99 Å². The Bertz CT molecular complexity index is 1680. The number of aromatic nitrogens is 1. The van der Waals surface area contributed by atoms with E-state index in [9.17, 15) is 38.0 Å². The molecule has 1 aliphatic heterocycles. The summed E-state index contributed by atoms with van der Waals surface area (Å²) in [6.07, 6.45) is -3.83. The lowest BCUT2D eigenvalue weighted by atomic mass is 9.95. The van der Waals surface area contributed by atoms with Crippen molar-refractivity contribution in [2.45, 2.75) is 19.1 Å². The molecule has 0 saturated heterocycles. The van der Waals surface area contributed by atoms with Crippen molar-refractivity contribution in [3.8, 4) is 5.75 Å². The van der Waals surface area contributed by atoms with Gasteiger partial charge in [-0.05, 0) is 64.9 Å². The summed E-state index contributed by atoms with van der Waals surface area (Å²) in [6, 6.07) is 6.42. The Hall–Kier alpha value is -3.24. The SMILES string of the molecule is CCOC(=O)C1=C(C(F)(F)F)N=c2s/c(=C\c3cc(I)c(O)c([N+](=O)[O-])c3)c(=O)n2[C@H]1c1ccc(Cl)cc1. The Labute approximate surface area is 233 Å². The molecule has 1 atom stereocenters. The van der Waals surface area contributed by atoms with E-state index in [2.05, 4.69) is 4.99 Å². The molecule has 9 nitrogen and oxygen atoms in total. The molecule has 198 valence electrons. The third-order valence-electron chi connectivity index (χ3n) is 5.34. The summed E-state index contributed by atoms with van der Waals surface area (Å²) in [6.45, 7) is 1.21. The molecule has 3 aromatic rings. The van der Waals surface area contributed by atoms with Crippen LogP contribution < -0.4 is 14.9 Å². The number of benzene rings is 2. The Morgan fingerprint density at radius 2 is 2.00 bits per heavy atom. The van der Waals surface area contributed by atoms with Gasteiger partial charge in [0.2, 0.25) is 5.75 Å². The lowest BCUT2D eigenvalue weighted by molar-refractivity contribution is -0.386. The molecule has 1 aromatic heterocycles. The fraction of sp³-hybridized carbons (Fsp3) is 0.174. The van der Waals surface area contributed by atoms with Gasteiger partial charge in [0.05, 0.1) is 31.2 Å². The summed E-state index contributed by atoms with van der Waals surface area (Å²) in [5.74, 6) is -1.85. The van der Waals surface area contributed by atoms with E-state index in [1.807, 2.05) is 0 Å². The molecule has 0 saturated carbocycles. The predicted molar refractivity (Wildman–Crippen MR) is 140 cm³/mol. The number of rotatable bonds is 5. The number of carbonyl (C=O) groups is 1. The number of aromatic hydroxyl groups is 1. The van der Waals surface area contributed by atoms with Crippen molar-refractivity contribution in [1.82, 2.24) is 4.57 Å². The van der Waals surface area contributed by atoms with E-state index in [1.165, 1.54) is 43.3 Å². The van der Waals surface area contributed by atoms with Crippen LogP contribution in [0.2, 0.25) is 5.02 Å². The molecular formula is C23H14ClF3IN3O6S. The maximum Gasteiger partial charge on any atom is 0.434 e. The number of fused-ring (bicyclic) bond motifs is 1. The normalized spacial score (nSPS) is 15.7. The van der Waals surface area contributed by atoms with Gasteiger partial charge in [-0.3, -0.25) is 19.5 Å². The minimum absolute atomic E-state index is 0.106. The average molecular weight is 680 g/mol. The second-order valence-electron chi connectivity index (χ2n) is 7.74. The largest absolute Gasteiger partial charge is 0.501 e. The maximum atomic E-state index is 14.1. The Morgan fingerprint density at radius 3 is 2.58 bits per heavy atom. The highest BCUT2D eigenvalue weighted by atomic mass is 127. The van der Waals surface area contributed by atoms with Crippen LogP contribution in [0.15, 0.2) is 57.5 Å². The monoisotopic (exact) mass is 679 g/mol. The fourth-order valence-corrected chi connectivity index (χ4v) is 5.54. The first-order chi connectivity index (χ1) is 17.8. The standard InChI is InChI=1S/C23H14ClF3IN3O6S/c1-2-37-21(34)16-17(11-3-5-12(24)6-4-11)30-20(33)15(38-22(30)29-19(16)23(25,26)27)9-10-7-13(28)18(32)14(8-10)31(35)36/h3-9,17,32H,2H2,1H3/b15-9-/t17-/m0/s1. The molecule has 2 heterocycles. The topological polar surface area (TPSA) is 124 Å². The van der Waals surface area contributed by atoms with Crippen LogP contribution >= 0.6 is 45.5 Å². The molecule has 0 spiro atoms. The van der Waals surface area contributed by atoms with E-state index < -0.39 is 51.4 Å². The molecule has 0 unspecified atom stereocenters. The predicted octanol–water partition coefficient (Wildman–Crippen LogP) is 4.21. The molecule has 0 aliphatic carbocycles. The highest BCUT2D eigenvalue weighted by Crippen LogP contribution is 2.38. The Balaban J connectivity index is 2.05. The molecule has 1 aliphatic rings. The summed E-state index contributed by atoms with van der Waals surface area (Å²) in [5, 5.41) is 21.5. The van der Waals surface area contributed by atoms with E-state index >= 15 is 0 Å². The number of esters is 1. The molecular weight excluding hydrogens is 666 g/mol. The van der Waals surface area contributed by atoms with Crippen molar-refractivity contribution in [3.63, 3.8) is 0 Å². The van der Waals surface area contributed by atoms with Crippen molar-refractivity contribution in [2.75, 3.05) is 6.61 Å². The number of nitro benzene ring substituents is 1. The first kappa shape index (κ1) is 27.8. The molecule has 4 rings (SSSR count). The first-order valence-corrected chi connectivity index (χ1v) is 12.8. The van der Waals surface area contributed by atoms with Crippen LogP contribution in [-0.4, -0.2) is 33.3 Å². The summed E-state index contributed by atoms with van der Waals surface area (Å²) in [5.41, 5.74) is -3.47. The lowest BCUT2D eigenvalue weighted by Gasteiger charge is -2.26. The summed E-state index contributed by atoms with van der Waals surface area (Å²) >= 11 is 8.23. The molecule has 1 N–H and O–H groups in total. The Morgan fingerprint density at radius 1 is 1.34 bits per heavy atom. The summed E-state index contributed by atoms with van der Waals surface area (Å²) in [4.78, 5) is 40.1. The molecule has 2 aromatic carbocycles. The third kappa shape index (κ3) is 5.19. The van der Waals surface area contributed by atoms with Gasteiger partial charge in [-0.15, -0.1) is 0 Å². The number of halogens is 5. The molecule has 0 amide bonds. The average Bonchev–Trinajstić information content (AvgIpc) is 3.15. The van der Waals surface area contributed by atoms with Gasteiger partial charge >= 0.3 is 17.8 Å². The number of alkyl halides is 3. The highest BCUT2D eigenvalue weighted by molar-refractivity contribution is 14.1. The van der Waals surface area contributed by atoms with Crippen molar-refractivity contribution in [3.05, 3.63) is 97.2 Å². The van der Waals surface area contributed by atoms with Crippen LogP contribution in [0.5, 0.6) is 5.75 Å². The van der Waals surface area contributed by atoms with Crippen LogP contribution in [0.3, 0.4) is 0 Å². The number of ether oxygens (including phenoxy) is 1. The summed E-state index contributed by atoms with van der Waals surface area (Å²) in [7, 11) is 0. The van der Waals surface area contributed by atoms with E-state index in [0.717, 1.165) is 10.6 Å². The van der Waals surface area contributed by atoms with Crippen molar-refractivity contribution >= 4 is 63.3 Å². The number of phenols is 1. The molecule has 38 heavy (non-hydrogen) atoms. The number of nitrogens with zero attached hydrogens (tertiary/aromatic N) is 3. The molecule has 0 fully saturated rings. The number of carbonyl (C=O) groups excluding carboxylic acids is 1. The van der Waals surface area contributed by atoms with E-state index in [1.54, 1.807) is 22.6 Å². The van der Waals surface area contributed by atoms with Crippen LogP contribution in [0, 0.1) is 13.7 Å². The number of nitro groups is 1. The number of allylic oxidation sites excluding steroid dienone is 1. The number of phenolic OH excluding ortho intramolecular Hbond substituents is 1. The van der Waals surface area contributed by atoms with Crippen LogP contribution in [0.25, 0.3) is 6.08 Å². The van der Waals surface area contributed by atoms with Gasteiger partial charge in [0.25, 0.3) is 5.56 Å². The first-order valence-electron chi connectivity index (χ1n) is 10.6. The van der Waals surface area contributed by atoms with Gasteiger partial charge in [-0.2, -0.15) is 13.2 Å². The second kappa shape index (κ2) is 10.5. The van der Waals surface area contributed by atoms with Crippen LogP contribution in [-0.2, 0) is 9.53 Å². The van der Waals surface area contributed by atoms with E-state index in [0.29, 0.717) is 11.3 Å².